The zero-order chi connectivity index (χ0) is 11.7. The third-order valence-corrected chi connectivity index (χ3v) is 3.06. The summed E-state index contributed by atoms with van der Waals surface area (Å²) in [5.41, 5.74) is 0. The van der Waals surface area contributed by atoms with E-state index in [0.29, 0.717) is 6.04 Å². The minimum absolute atomic E-state index is 0.715. The van der Waals surface area contributed by atoms with Gasteiger partial charge in [0.05, 0.1) is 0 Å². The second-order valence-electron chi connectivity index (χ2n) is 4.89. The lowest BCUT2D eigenvalue weighted by molar-refractivity contribution is 0.330. The minimum atomic E-state index is 0.715. The van der Waals surface area contributed by atoms with Crippen LogP contribution in [-0.4, -0.2) is 38.1 Å². The van der Waals surface area contributed by atoms with Gasteiger partial charge in [-0.05, 0) is 52.4 Å². The molecule has 0 fully saturated rings. The first-order chi connectivity index (χ1) is 7.11. The zero-order valence-electron chi connectivity index (χ0n) is 11.3. The molecule has 2 heteroatoms. The quantitative estimate of drug-likeness (QED) is 0.594. The Morgan fingerprint density at radius 2 is 1.87 bits per heavy atom. The Labute approximate surface area is 96.4 Å². The van der Waals surface area contributed by atoms with Gasteiger partial charge in [0.25, 0.3) is 0 Å². The van der Waals surface area contributed by atoms with Gasteiger partial charge in [0.2, 0.25) is 0 Å². The highest BCUT2D eigenvalue weighted by Crippen LogP contribution is 2.13. The maximum atomic E-state index is 3.68. The fourth-order valence-corrected chi connectivity index (χ4v) is 2.09. The molecule has 0 spiro atoms. The molecule has 0 rings (SSSR count). The molecule has 0 aromatic rings. The summed E-state index contributed by atoms with van der Waals surface area (Å²) in [6, 6.07) is 0.715. The minimum Gasteiger partial charge on any atom is -0.314 e. The standard InChI is InChI=1S/C13H30N2/c1-6-9-12(3)13(7-2)14-10-8-11-15(4)5/h12-14H,6-11H2,1-5H3. The van der Waals surface area contributed by atoms with Crippen LogP contribution >= 0.6 is 0 Å². The molecular weight excluding hydrogens is 184 g/mol. The Hall–Kier alpha value is -0.0800. The Balaban J connectivity index is 3.60. The Kier molecular flexibility index (Phi) is 9.12. The highest BCUT2D eigenvalue weighted by Gasteiger charge is 2.13. The van der Waals surface area contributed by atoms with Gasteiger partial charge in [0.15, 0.2) is 0 Å². The summed E-state index contributed by atoms with van der Waals surface area (Å²) in [6.07, 6.45) is 5.15. The van der Waals surface area contributed by atoms with Crippen LogP contribution in [0.3, 0.4) is 0 Å². The third-order valence-electron chi connectivity index (χ3n) is 3.06. The van der Waals surface area contributed by atoms with Gasteiger partial charge < -0.3 is 10.2 Å². The van der Waals surface area contributed by atoms with Crippen LogP contribution in [0.5, 0.6) is 0 Å². The summed E-state index contributed by atoms with van der Waals surface area (Å²) >= 11 is 0. The van der Waals surface area contributed by atoms with Gasteiger partial charge in [-0.3, -0.25) is 0 Å². The molecule has 15 heavy (non-hydrogen) atoms. The summed E-state index contributed by atoms with van der Waals surface area (Å²) in [5.74, 6) is 0.819. The molecular formula is C13H30N2. The molecule has 0 heterocycles. The van der Waals surface area contributed by atoms with Gasteiger partial charge in [-0.2, -0.15) is 0 Å². The van der Waals surface area contributed by atoms with Crippen LogP contribution < -0.4 is 5.32 Å². The molecule has 92 valence electrons. The molecule has 2 nitrogen and oxygen atoms in total. The van der Waals surface area contributed by atoms with Gasteiger partial charge in [-0.25, -0.2) is 0 Å². The van der Waals surface area contributed by atoms with E-state index in [9.17, 15) is 0 Å². The lowest BCUT2D eigenvalue weighted by atomic mass is 9.95. The number of hydrogen-bond acceptors (Lipinski definition) is 2. The molecule has 2 atom stereocenters. The Morgan fingerprint density at radius 1 is 1.20 bits per heavy atom. The van der Waals surface area contributed by atoms with Gasteiger partial charge in [0.1, 0.15) is 0 Å². The second-order valence-corrected chi connectivity index (χ2v) is 4.89. The van der Waals surface area contributed by atoms with Crippen LogP contribution in [0.4, 0.5) is 0 Å². The normalized spacial score (nSPS) is 15.6. The van der Waals surface area contributed by atoms with E-state index in [1.54, 1.807) is 0 Å². The average Bonchev–Trinajstić information content (AvgIpc) is 2.17. The van der Waals surface area contributed by atoms with E-state index in [4.69, 9.17) is 0 Å². The van der Waals surface area contributed by atoms with Crippen molar-refractivity contribution in [3.05, 3.63) is 0 Å². The van der Waals surface area contributed by atoms with Gasteiger partial charge in [-0.15, -0.1) is 0 Å². The lowest BCUT2D eigenvalue weighted by Gasteiger charge is -2.24. The highest BCUT2D eigenvalue weighted by atomic mass is 15.1. The molecule has 0 aromatic carbocycles. The molecule has 2 unspecified atom stereocenters. The molecule has 0 aliphatic carbocycles. The molecule has 0 saturated heterocycles. The highest BCUT2D eigenvalue weighted by molar-refractivity contribution is 4.71. The smallest absolute Gasteiger partial charge is 0.00900 e. The fraction of sp³-hybridized carbons (Fsp3) is 1.00. The largest absolute Gasteiger partial charge is 0.314 e. The maximum Gasteiger partial charge on any atom is 0.00900 e. The number of rotatable bonds is 9. The van der Waals surface area contributed by atoms with E-state index in [0.717, 1.165) is 12.5 Å². The van der Waals surface area contributed by atoms with Crippen molar-refractivity contribution >= 4 is 0 Å². The first-order valence-corrected chi connectivity index (χ1v) is 6.49. The molecule has 0 amide bonds. The molecule has 0 aliphatic heterocycles. The van der Waals surface area contributed by atoms with Crippen molar-refractivity contribution < 1.29 is 0 Å². The van der Waals surface area contributed by atoms with Crippen LogP contribution in [0.15, 0.2) is 0 Å². The molecule has 0 radical (unpaired) electrons. The first kappa shape index (κ1) is 14.9. The van der Waals surface area contributed by atoms with E-state index in [1.807, 2.05) is 0 Å². The van der Waals surface area contributed by atoms with Crippen molar-refractivity contribution in [1.82, 2.24) is 10.2 Å². The van der Waals surface area contributed by atoms with Gasteiger partial charge in [-0.1, -0.05) is 27.2 Å². The van der Waals surface area contributed by atoms with E-state index in [1.165, 1.54) is 32.2 Å². The summed E-state index contributed by atoms with van der Waals surface area (Å²) in [7, 11) is 4.27. The van der Waals surface area contributed by atoms with E-state index < -0.39 is 0 Å². The predicted octanol–water partition coefficient (Wildman–Crippen LogP) is 2.74. The van der Waals surface area contributed by atoms with Crippen molar-refractivity contribution in [2.45, 2.75) is 52.5 Å². The maximum absolute atomic E-state index is 3.68. The summed E-state index contributed by atoms with van der Waals surface area (Å²) in [5, 5.41) is 3.68. The zero-order valence-corrected chi connectivity index (χ0v) is 11.3. The van der Waals surface area contributed by atoms with Crippen LogP contribution in [-0.2, 0) is 0 Å². The van der Waals surface area contributed by atoms with E-state index in [-0.39, 0.29) is 0 Å². The molecule has 0 aromatic heterocycles. The Morgan fingerprint density at radius 3 is 2.33 bits per heavy atom. The number of nitrogens with one attached hydrogen (secondary N) is 1. The van der Waals surface area contributed by atoms with Crippen LogP contribution in [0.1, 0.15) is 46.5 Å². The summed E-state index contributed by atoms with van der Waals surface area (Å²) in [6.45, 7) is 9.28. The van der Waals surface area contributed by atoms with Crippen LogP contribution in [0.25, 0.3) is 0 Å². The van der Waals surface area contributed by atoms with E-state index >= 15 is 0 Å². The monoisotopic (exact) mass is 214 g/mol. The SMILES string of the molecule is CCCC(C)C(CC)NCCCN(C)C. The topological polar surface area (TPSA) is 15.3 Å². The van der Waals surface area contributed by atoms with Gasteiger partial charge >= 0.3 is 0 Å². The average molecular weight is 214 g/mol. The summed E-state index contributed by atoms with van der Waals surface area (Å²) < 4.78 is 0. The second kappa shape index (κ2) is 9.17. The molecule has 0 bridgehead atoms. The van der Waals surface area contributed by atoms with Crippen molar-refractivity contribution in [2.24, 2.45) is 5.92 Å². The molecule has 1 N–H and O–H groups in total. The van der Waals surface area contributed by atoms with Crippen molar-refractivity contribution in [1.29, 1.82) is 0 Å². The van der Waals surface area contributed by atoms with Crippen molar-refractivity contribution in [3.63, 3.8) is 0 Å². The first-order valence-electron chi connectivity index (χ1n) is 6.49. The van der Waals surface area contributed by atoms with Crippen LogP contribution in [0, 0.1) is 5.92 Å². The fourth-order valence-electron chi connectivity index (χ4n) is 2.09. The third kappa shape index (κ3) is 7.80. The molecule has 0 aliphatic rings. The molecule has 0 saturated carbocycles. The predicted molar refractivity (Wildman–Crippen MR) is 69.3 cm³/mol. The number of nitrogens with zero attached hydrogens (tertiary/aromatic N) is 1. The summed E-state index contributed by atoms with van der Waals surface area (Å²) in [4.78, 5) is 2.25. The number of hydrogen-bond donors (Lipinski definition) is 1. The van der Waals surface area contributed by atoms with Gasteiger partial charge in [0, 0.05) is 6.04 Å². The lowest BCUT2D eigenvalue weighted by Crippen LogP contribution is -2.36. The van der Waals surface area contributed by atoms with Crippen molar-refractivity contribution in [2.75, 3.05) is 27.2 Å². The van der Waals surface area contributed by atoms with E-state index in [2.05, 4.69) is 45.1 Å². The van der Waals surface area contributed by atoms with Crippen LogP contribution in [0.2, 0.25) is 0 Å². The Bertz CT molecular complexity index is 134. The van der Waals surface area contributed by atoms with Crippen molar-refractivity contribution in [3.8, 4) is 0 Å².